The summed E-state index contributed by atoms with van der Waals surface area (Å²) in [6.07, 6.45) is 4.69. The summed E-state index contributed by atoms with van der Waals surface area (Å²) in [4.78, 5) is 4.66. The van der Waals surface area contributed by atoms with Gasteiger partial charge in [0.15, 0.2) is 0 Å². The van der Waals surface area contributed by atoms with E-state index in [4.69, 9.17) is 22.7 Å². The van der Waals surface area contributed by atoms with Crippen LogP contribution in [0.1, 0.15) is 43.9 Å². The van der Waals surface area contributed by atoms with Crippen LogP contribution in [0.2, 0.25) is 0 Å². The van der Waals surface area contributed by atoms with Crippen LogP contribution in [0.25, 0.3) is 0 Å². The van der Waals surface area contributed by atoms with Crippen LogP contribution in [0.15, 0.2) is 12.1 Å². The maximum atomic E-state index is 5.65. The number of hydrogen-bond donors (Lipinski definition) is 1. The number of hydrogen-bond acceptors (Lipinski definition) is 3. The molecule has 1 aromatic heterocycles. The van der Waals surface area contributed by atoms with E-state index in [2.05, 4.69) is 11.9 Å². The lowest BCUT2D eigenvalue weighted by molar-refractivity contribution is 0.293. The largest absolute Gasteiger partial charge is 0.477 e. The van der Waals surface area contributed by atoms with E-state index in [0.29, 0.717) is 17.5 Å². The zero-order valence-electron chi connectivity index (χ0n) is 10.5. The zero-order valence-corrected chi connectivity index (χ0v) is 11.3. The van der Waals surface area contributed by atoms with E-state index in [0.717, 1.165) is 17.7 Å². The second-order valence-electron chi connectivity index (χ2n) is 4.08. The Morgan fingerprint density at radius 1 is 1.35 bits per heavy atom. The monoisotopic (exact) mass is 252 g/mol. The van der Waals surface area contributed by atoms with E-state index in [-0.39, 0.29) is 0 Å². The fourth-order valence-corrected chi connectivity index (χ4v) is 1.68. The van der Waals surface area contributed by atoms with E-state index in [1.54, 1.807) is 0 Å². The number of ether oxygens (including phenoxy) is 1. The van der Waals surface area contributed by atoms with Gasteiger partial charge in [-0.2, -0.15) is 0 Å². The molecule has 0 saturated carbocycles. The number of rotatable bonds is 7. The van der Waals surface area contributed by atoms with Crippen molar-refractivity contribution in [2.45, 2.75) is 39.5 Å². The summed E-state index contributed by atoms with van der Waals surface area (Å²) in [5.74, 6) is 0.564. The minimum atomic E-state index is 0.334. The molecule has 2 N–H and O–H groups in total. The Bertz CT molecular complexity index is 380. The van der Waals surface area contributed by atoms with Gasteiger partial charge in [-0.25, -0.2) is 4.98 Å². The average Bonchev–Trinajstić information content (AvgIpc) is 2.28. The van der Waals surface area contributed by atoms with Crippen LogP contribution in [-0.4, -0.2) is 16.6 Å². The quantitative estimate of drug-likeness (QED) is 0.598. The molecule has 4 heteroatoms. The van der Waals surface area contributed by atoms with Gasteiger partial charge in [-0.1, -0.05) is 38.4 Å². The molecule has 0 saturated heterocycles. The third kappa shape index (κ3) is 4.69. The highest BCUT2D eigenvalue weighted by Crippen LogP contribution is 2.16. The molecule has 0 unspecified atom stereocenters. The Hall–Kier alpha value is -1.16. The van der Waals surface area contributed by atoms with E-state index in [9.17, 15) is 0 Å². The van der Waals surface area contributed by atoms with Crippen molar-refractivity contribution in [2.75, 3.05) is 6.61 Å². The van der Waals surface area contributed by atoms with Gasteiger partial charge >= 0.3 is 0 Å². The summed E-state index contributed by atoms with van der Waals surface area (Å²) < 4.78 is 5.65. The van der Waals surface area contributed by atoms with Crippen LogP contribution in [0.3, 0.4) is 0 Å². The van der Waals surface area contributed by atoms with Crippen LogP contribution in [0.5, 0.6) is 5.88 Å². The maximum absolute atomic E-state index is 5.65. The van der Waals surface area contributed by atoms with E-state index < -0.39 is 0 Å². The molecule has 1 heterocycles. The predicted molar refractivity (Wildman–Crippen MR) is 74.5 cm³/mol. The van der Waals surface area contributed by atoms with Crippen molar-refractivity contribution in [1.29, 1.82) is 0 Å². The summed E-state index contributed by atoms with van der Waals surface area (Å²) in [6, 6.07) is 3.75. The number of unbranched alkanes of at least 4 members (excludes halogenated alkanes) is 3. The summed E-state index contributed by atoms with van der Waals surface area (Å²) in [5.41, 5.74) is 7.26. The van der Waals surface area contributed by atoms with Crippen molar-refractivity contribution in [3.05, 3.63) is 23.4 Å². The number of pyridine rings is 1. The lowest BCUT2D eigenvalue weighted by Crippen LogP contribution is -2.13. The first-order chi connectivity index (χ1) is 8.15. The summed E-state index contributed by atoms with van der Waals surface area (Å²) in [7, 11) is 0. The molecule has 0 aliphatic rings. The van der Waals surface area contributed by atoms with E-state index >= 15 is 0 Å². The molecule has 0 aliphatic heterocycles. The smallest absolute Gasteiger partial charge is 0.223 e. The van der Waals surface area contributed by atoms with Gasteiger partial charge in [0.05, 0.1) is 12.2 Å². The van der Waals surface area contributed by atoms with Gasteiger partial charge in [0, 0.05) is 5.69 Å². The number of aromatic nitrogens is 1. The molecule has 94 valence electrons. The highest BCUT2D eigenvalue weighted by molar-refractivity contribution is 7.80. The van der Waals surface area contributed by atoms with Crippen LogP contribution in [0.4, 0.5) is 0 Å². The van der Waals surface area contributed by atoms with Crippen molar-refractivity contribution in [1.82, 2.24) is 4.98 Å². The number of nitrogens with two attached hydrogens (primary N) is 1. The Labute approximate surface area is 108 Å². The molecular formula is C13H20N2OS. The van der Waals surface area contributed by atoms with E-state index in [1.807, 2.05) is 19.1 Å². The van der Waals surface area contributed by atoms with E-state index in [1.165, 1.54) is 19.3 Å². The molecule has 0 spiro atoms. The highest BCUT2D eigenvalue weighted by Gasteiger charge is 2.08. The van der Waals surface area contributed by atoms with Crippen LogP contribution in [-0.2, 0) is 0 Å². The Kier molecular flexibility index (Phi) is 5.91. The second-order valence-corrected chi connectivity index (χ2v) is 4.52. The van der Waals surface area contributed by atoms with Crippen LogP contribution in [0, 0.1) is 6.92 Å². The molecule has 0 atom stereocenters. The molecular weight excluding hydrogens is 232 g/mol. The molecule has 1 rings (SSSR count). The number of thiocarbonyl (C=S) groups is 1. The minimum Gasteiger partial charge on any atom is -0.477 e. The molecule has 0 aromatic carbocycles. The van der Waals surface area contributed by atoms with Gasteiger partial charge in [0.25, 0.3) is 0 Å². The summed E-state index contributed by atoms with van der Waals surface area (Å²) >= 11 is 4.97. The number of nitrogens with zero attached hydrogens (tertiary/aromatic N) is 1. The molecule has 3 nitrogen and oxygen atoms in total. The zero-order chi connectivity index (χ0) is 12.7. The molecule has 0 fully saturated rings. The molecule has 0 aliphatic carbocycles. The SMILES string of the molecule is CCCCCCOc1nc(C)ccc1C(N)=S. The lowest BCUT2D eigenvalue weighted by Gasteiger charge is -2.10. The first-order valence-corrected chi connectivity index (χ1v) is 6.46. The number of aryl methyl sites for hydroxylation is 1. The first kappa shape index (κ1) is 13.9. The topological polar surface area (TPSA) is 48.1 Å². The van der Waals surface area contributed by atoms with Crippen LogP contribution < -0.4 is 10.5 Å². The van der Waals surface area contributed by atoms with Crippen molar-refractivity contribution in [2.24, 2.45) is 5.73 Å². The Morgan fingerprint density at radius 3 is 2.76 bits per heavy atom. The van der Waals surface area contributed by atoms with Crippen molar-refractivity contribution in [3.63, 3.8) is 0 Å². The highest BCUT2D eigenvalue weighted by atomic mass is 32.1. The second kappa shape index (κ2) is 7.22. The summed E-state index contributed by atoms with van der Waals surface area (Å²) in [6.45, 7) is 4.79. The van der Waals surface area contributed by atoms with Gasteiger partial charge in [-0.3, -0.25) is 0 Å². The van der Waals surface area contributed by atoms with Crippen molar-refractivity contribution >= 4 is 17.2 Å². The van der Waals surface area contributed by atoms with Gasteiger partial charge in [-0.15, -0.1) is 0 Å². The summed E-state index contributed by atoms with van der Waals surface area (Å²) in [5, 5.41) is 0. The average molecular weight is 252 g/mol. The van der Waals surface area contributed by atoms with Crippen LogP contribution >= 0.6 is 12.2 Å². The Balaban J connectivity index is 2.56. The van der Waals surface area contributed by atoms with Gasteiger partial charge in [0.1, 0.15) is 4.99 Å². The molecule has 1 aromatic rings. The first-order valence-electron chi connectivity index (χ1n) is 6.05. The lowest BCUT2D eigenvalue weighted by atomic mass is 10.2. The molecule has 17 heavy (non-hydrogen) atoms. The maximum Gasteiger partial charge on any atom is 0.223 e. The van der Waals surface area contributed by atoms with Crippen molar-refractivity contribution in [3.8, 4) is 5.88 Å². The standard InChI is InChI=1S/C13H20N2OS/c1-3-4-5-6-9-16-13-11(12(14)17)8-7-10(2)15-13/h7-8H,3-6,9H2,1-2H3,(H2,14,17). The fourth-order valence-electron chi connectivity index (χ4n) is 1.53. The van der Waals surface area contributed by atoms with Gasteiger partial charge < -0.3 is 10.5 Å². The van der Waals surface area contributed by atoms with Gasteiger partial charge in [0.2, 0.25) is 5.88 Å². The third-order valence-corrected chi connectivity index (χ3v) is 2.72. The predicted octanol–water partition coefficient (Wildman–Crippen LogP) is 2.98. The molecule has 0 bridgehead atoms. The fraction of sp³-hybridized carbons (Fsp3) is 0.538. The Morgan fingerprint density at radius 2 is 2.12 bits per heavy atom. The molecule has 0 amide bonds. The minimum absolute atomic E-state index is 0.334. The molecule has 0 radical (unpaired) electrons. The van der Waals surface area contributed by atoms with Gasteiger partial charge in [-0.05, 0) is 25.5 Å². The van der Waals surface area contributed by atoms with Crippen molar-refractivity contribution < 1.29 is 4.74 Å². The third-order valence-electron chi connectivity index (χ3n) is 2.50. The normalized spacial score (nSPS) is 10.2.